The predicted molar refractivity (Wildman–Crippen MR) is 134 cm³/mol. The van der Waals surface area contributed by atoms with Crippen molar-refractivity contribution < 1.29 is 4.79 Å². The molecule has 0 bridgehead atoms. The van der Waals surface area contributed by atoms with Gasteiger partial charge in [0.05, 0.1) is 10.5 Å². The van der Waals surface area contributed by atoms with Gasteiger partial charge in [-0.15, -0.1) is 0 Å². The molecule has 1 N–H and O–H groups in total. The predicted octanol–water partition coefficient (Wildman–Crippen LogP) is 4.85. The molecule has 3 rings (SSSR count). The van der Waals surface area contributed by atoms with Crippen molar-refractivity contribution in [3.63, 3.8) is 0 Å². The highest BCUT2D eigenvalue weighted by molar-refractivity contribution is 8.26. The Kier molecular flexibility index (Phi) is 7.89. The van der Waals surface area contributed by atoms with Crippen molar-refractivity contribution in [3.8, 4) is 0 Å². The van der Waals surface area contributed by atoms with E-state index < -0.39 is 0 Å². The zero-order valence-electron chi connectivity index (χ0n) is 18.6. The van der Waals surface area contributed by atoms with Crippen LogP contribution in [0.25, 0.3) is 11.7 Å². The maximum Gasteiger partial charge on any atom is 0.267 e. The number of carbonyl (C=O) groups is 1. The Balaban J connectivity index is 1.98. The highest BCUT2D eigenvalue weighted by Crippen LogP contribution is 2.34. The zero-order chi connectivity index (χ0) is 22.5. The number of hydrogen-bond acceptors (Lipinski definition) is 6. The lowest BCUT2D eigenvalue weighted by molar-refractivity contribution is -0.122. The van der Waals surface area contributed by atoms with Crippen molar-refractivity contribution in [3.05, 3.63) is 44.7 Å². The lowest BCUT2D eigenvalue weighted by Crippen LogP contribution is -2.33. The maximum absolute atomic E-state index is 13.2. The Hall–Kier alpha value is -2.19. The molecule has 0 radical (unpaired) electrons. The van der Waals surface area contributed by atoms with Gasteiger partial charge in [-0.2, -0.15) is 0 Å². The summed E-state index contributed by atoms with van der Waals surface area (Å²) in [6.45, 7) is 9.45. The van der Waals surface area contributed by atoms with Crippen LogP contribution in [0.4, 0.5) is 5.82 Å². The number of aryl methyl sites for hydroxylation is 1. The molecule has 3 heterocycles. The number of aromatic nitrogens is 2. The van der Waals surface area contributed by atoms with E-state index in [1.54, 1.807) is 17.2 Å². The number of amides is 1. The largest absolute Gasteiger partial charge is 0.370 e. The lowest BCUT2D eigenvalue weighted by Gasteiger charge is -2.21. The smallest absolute Gasteiger partial charge is 0.267 e. The zero-order valence-corrected chi connectivity index (χ0v) is 20.2. The standard InChI is InChI=1S/C23H30N4O2S2/c1-5-8-9-16(6-2)14-27-22(29)18(31-23(27)30)12-17-20(24-7-3)25-19-11-10-15(4)13-26(19)21(17)28/h10-13,16,24H,5-9,14H2,1-4H3. The highest BCUT2D eigenvalue weighted by Gasteiger charge is 2.33. The molecule has 1 saturated heterocycles. The molecule has 1 aliphatic heterocycles. The van der Waals surface area contributed by atoms with E-state index in [-0.39, 0.29) is 11.5 Å². The summed E-state index contributed by atoms with van der Waals surface area (Å²) in [7, 11) is 0. The number of anilines is 1. The highest BCUT2D eigenvalue weighted by atomic mass is 32.2. The SMILES string of the molecule is CCCCC(CC)CN1C(=O)C(=Cc2c(NCC)nc3ccc(C)cn3c2=O)SC1=S. The van der Waals surface area contributed by atoms with Crippen LogP contribution >= 0.6 is 24.0 Å². The second kappa shape index (κ2) is 10.4. The molecule has 31 heavy (non-hydrogen) atoms. The molecular formula is C23H30N4O2S2. The molecular weight excluding hydrogens is 428 g/mol. The molecule has 2 aromatic rings. The van der Waals surface area contributed by atoms with Crippen molar-refractivity contribution >= 4 is 51.7 Å². The average molecular weight is 459 g/mol. The van der Waals surface area contributed by atoms with Gasteiger partial charge in [-0.1, -0.05) is 63.2 Å². The topological polar surface area (TPSA) is 66.7 Å². The molecule has 0 aromatic carbocycles. The van der Waals surface area contributed by atoms with Crippen molar-refractivity contribution in [2.75, 3.05) is 18.4 Å². The Labute approximate surface area is 193 Å². The summed E-state index contributed by atoms with van der Waals surface area (Å²) in [5, 5.41) is 3.16. The molecule has 1 unspecified atom stereocenters. The van der Waals surface area contributed by atoms with Crippen LogP contribution in [0, 0.1) is 12.8 Å². The summed E-state index contributed by atoms with van der Waals surface area (Å²) >= 11 is 6.78. The Bertz CT molecular complexity index is 1080. The van der Waals surface area contributed by atoms with Crippen molar-refractivity contribution in [2.24, 2.45) is 5.92 Å². The van der Waals surface area contributed by atoms with Gasteiger partial charge in [0.1, 0.15) is 15.8 Å². The summed E-state index contributed by atoms with van der Waals surface area (Å²) in [6, 6.07) is 3.74. The number of hydrogen-bond donors (Lipinski definition) is 1. The molecule has 166 valence electrons. The minimum absolute atomic E-state index is 0.124. The number of thioether (sulfide) groups is 1. The number of fused-ring (bicyclic) bond motifs is 1. The van der Waals surface area contributed by atoms with E-state index >= 15 is 0 Å². The van der Waals surface area contributed by atoms with Crippen molar-refractivity contribution in [1.29, 1.82) is 0 Å². The number of thiocarbonyl (C=S) groups is 1. The third-order valence-electron chi connectivity index (χ3n) is 5.48. The molecule has 1 aliphatic rings. The number of unbranched alkanes of at least 4 members (excludes halogenated alkanes) is 1. The normalized spacial score (nSPS) is 16.5. The molecule has 2 aromatic heterocycles. The first-order valence-electron chi connectivity index (χ1n) is 10.9. The number of nitrogens with zero attached hydrogens (tertiary/aromatic N) is 3. The molecule has 0 saturated carbocycles. The van der Waals surface area contributed by atoms with E-state index in [1.807, 2.05) is 26.0 Å². The summed E-state index contributed by atoms with van der Waals surface area (Å²) in [5.41, 5.74) is 1.70. The first-order chi connectivity index (χ1) is 14.9. The summed E-state index contributed by atoms with van der Waals surface area (Å²) < 4.78 is 2.08. The Morgan fingerprint density at radius 2 is 2.03 bits per heavy atom. The summed E-state index contributed by atoms with van der Waals surface area (Å²) in [4.78, 5) is 33.2. The van der Waals surface area contributed by atoms with Crippen LogP contribution in [0.1, 0.15) is 57.6 Å². The molecule has 8 heteroatoms. The quantitative estimate of drug-likeness (QED) is 0.428. The van der Waals surface area contributed by atoms with Crippen LogP contribution in [-0.4, -0.2) is 37.6 Å². The molecule has 0 aliphatic carbocycles. The number of pyridine rings is 1. The van der Waals surface area contributed by atoms with Gasteiger partial charge >= 0.3 is 0 Å². The van der Waals surface area contributed by atoms with Gasteiger partial charge in [0.25, 0.3) is 11.5 Å². The van der Waals surface area contributed by atoms with E-state index in [9.17, 15) is 9.59 Å². The fourth-order valence-electron chi connectivity index (χ4n) is 3.66. The van der Waals surface area contributed by atoms with Crippen LogP contribution < -0.4 is 10.9 Å². The van der Waals surface area contributed by atoms with Gasteiger partial charge < -0.3 is 5.32 Å². The van der Waals surface area contributed by atoms with E-state index in [0.717, 1.165) is 31.2 Å². The molecule has 1 atom stereocenters. The number of nitrogens with one attached hydrogen (secondary N) is 1. The van der Waals surface area contributed by atoms with Gasteiger partial charge in [-0.05, 0) is 43.9 Å². The summed E-state index contributed by atoms with van der Waals surface area (Å²) in [5.74, 6) is 0.784. The van der Waals surface area contributed by atoms with Crippen LogP contribution in [0.5, 0.6) is 0 Å². The fourth-order valence-corrected chi connectivity index (χ4v) is 4.91. The third-order valence-corrected chi connectivity index (χ3v) is 6.86. The first-order valence-corrected chi connectivity index (χ1v) is 12.1. The Morgan fingerprint density at radius 1 is 1.26 bits per heavy atom. The van der Waals surface area contributed by atoms with Gasteiger partial charge in [-0.25, -0.2) is 4.98 Å². The van der Waals surface area contributed by atoms with Crippen LogP contribution in [0.2, 0.25) is 0 Å². The van der Waals surface area contributed by atoms with E-state index in [1.165, 1.54) is 16.2 Å². The maximum atomic E-state index is 13.2. The van der Waals surface area contributed by atoms with E-state index in [2.05, 4.69) is 24.1 Å². The minimum atomic E-state index is -0.204. The van der Waals surface area contributed by atoms with Gasteiger partial charge in [0.15, 0.2) is 0 Å². The second-order valence-corrected chi connectivity index (χ2v) is 9.53. The number of carbonyl (C=O) groups excluding carboxylic acids is 1. The van der Waals surface area contributed by atoms with Gasteiger partial charge in [0, 0.05) is 19.3 Å². The van der Waals surface area contributed by atoms with Crippen LogP contribution in [0.3, 0.4) is 0 Å². The molecule has 1 amide bonds. The minimum Gasteiger partial charge on any atom is -0.370 e. The molecule has 6 nitrogen and oxygen atoms in total. The number of rotatable bonds is 9. The second-order valence-electron chi connectivity index (χ2n) is 7.85. The lowest BCUT2D eigenvalue weighted by atomic mass is 9.99. The molecule has 0 spiro atoms. The fraction of sp³-hybridized carbons (Fsp3) is 0.478. The Morgan fingerprint density at radius 3 is 2.71 bits per heavy atom. The van der Waals surface area contributed by atoms with Gasteiger partial charge in [0.2, 0.25) is 0 Å². The van der Waals surface area contributed by atoms with E-state index in [0.29, 0.717) is 45.3 Å². The van der Waals surface area contributed by atoms with Crippen molar-refractivity contribution in [2.45, 2.75) is 53.4 Å². The summed E-state index contributed by atoms with van der Waals surface area (Å²) in [6.07, 6.45) is 7.80. The monoisotopic (exact) mass is 458 g/mol. The average Bonchev–Trinajstić information content (AvgIpc) is 3.01. The third kappa shape index (κ3) is 5.18. The van der Waals surface area contributed by atoms with E-state index in [4.69, 9.17) is 12.2 Å². The molecule has 1 fully saturated rings. The van der Waals surface area contributed by atoms with Crippen molar-refractivity contribution in [1.82, 2.24) is 14.3 Å². The van der Waals surface area contributed by atoms with Crippen LogP contribution in [0.15, 0.2) is 28.0 Å². The first kappa shape index (κ1) is 23.5. The van der Waals surface area contributed by atoms with Gasteiger partial charge in [-0.3, -0.25) is 18.9 Å². The van der Waals surface area contributed by atoms with Crippen LogP contribution in [-0.2, 0) is 4.79 Å².